The highest BCUT2D eigenvalue weighted by molar-refractivity contribution is 6.00. The van der Waals surface area contributed by atoms with Crippen molar-refractivity contribution >= 4 is 40.0 Å². The van der Waals surface area contributed by atoms with Crippen molar-refractivity contribution in [2.75, 3.05) is 68.7 Å². The minimum absolute atomic E-state index is 0.0341. The number of fused-ring (bicyclic) bond motifs is 2. The molecule has 2 N–H and O–H groups in total. The average molecular weight is 892 g/mol. The molecule has 1 saturated carbocycles. The molecule has 18 nitrogen and oxygen atoms in total. The monoisotopic (exact) mass is 891 g/mol. The van der Waals surface area contributed by atoms with Crippen molar-refractivity contribution in [1.29, 1.82) is 0 Å². The normalized spacial score (nSPS) is 23.4. The van der Waals surface area contributed by atoms with Crippen molar-refractivity contribution in [3.8, 4) is 16.9 Å². The van der Waals surface area contributed by atoms with Gasteiger partial charge in [0.1, 0.15) is 23.2 Å². The van der Waals surface area contributed by atoms with Crippen LogP contribution in [0.25, 0.3) is 33.6 Å². The van der Waals surface area contributed by atoms with Crippen LogP contribution in [0.2, 0.25) is 0 Å². The van der Waals surface area contributed by atoms with Crippen molar-refractivity contribution < 1.29 is 18.4 Å². The van der Waals surface area contributed by atoms with E-state index >= 15 is 0 Å². The Morgan fingerprint density at radius 1 is 0.877 bits per heavy atom. The number of nitrogens with one attached hydrogen (secondary N) is 2. The maximum absolute atomic E-state index is 14.5. The molecule has 4 saturated heterocycles. The van der Waals surface area contributed by atoms with E-state index in [9.17, 15) is 23.2 Å². The number of rotatable bonds is 9. The summed E-state index contributed by atoms with van der Waals surface area (Å²) in [7, 11) is 1.77. The van der Waals surface area contributed by atoms with E-state index in [4.69, 9.17) is 4.98 Å². The number of aryl methyl sites for hydroxylation is 1. The second-order valence-corrected chi connectivity index (χ2v) is 18.9. The van der Waals surface area contributed by atoms with Gasteiger partial charge in [-0.05, 0) is 100 Å². The van der Waals surface area contributed by atoms with Gasteiger partial charge in [-0.25, -0.2) is 27.8 Å². The van der Waals surface area contributed by atoms with Gasteiger partial charge in [-0.1, -0.05) is 11.3 Å². The molecule has 342 valence electrons. The van der Waals surface area contributed by atoms with Gasteiger partial charge in [0.25, 0.3) is 6.43 Å². The van der Waals surface area contributed by atoms with E-state index in [1.807, 2.05) is 24.4 Å². The number of para-hydroxylation sites is 1. The van der Waals surface area contributed by atoms with E-state index in [-0.39, 0.29) is 35.4 Å². The number of amides is 2. The molecule has 5 fully saturated rings. The predicted octanol–water partition coefficient (Wildman–Crippen LogP) is 4.27. The van der Waals surface area contributed by atoms with Gasteiger partial charge in [-0.2, -0.15) is 10.2 Å². The Kier molecular flexibility index (Phi) is 10.7. The Balaban J connectivity index is 0.694. The first kappa shape index (κ1) is 41.7. The van der Waals surface area contributed by atoms with Crippen LogP contribution in [0.5, 0.6) is 0 Å². The number of hydrogen-bond donors (Lipinski definition) is 2. The summed E-state index contributed by atoms with van der Waals surface area (Å²) in [4.78, 5) is 50.3. The van der Waals surface area contributed by atoms with E-state index in [2.05, 4.69) is 51.9 Å². The number of hydrogen-bond acceptors (Lipinski definition) is 12. The summed E-state index contributed by atoms with van der Waals surface area (Å²) in [6.07, 6.45) is 13.0. The minimum Gasteiger partial charge on any atom is -0.370 e. The quantitative estimate of drug-likeness (QED) is 0.198. The van der Waals surface area contributed by atoms with Crippen LogP contribution in [0.15, 0.2) is 53.8 Å². The van der Waals surface area contributed by atoms with Crippen molar-refractivity contribution in [3.05, 3.63) is 65.2 Å². The van der Waals surface area contributed by atoms with E-state index in [0.29, 0.717) is 34.7 Å². The fraction of sp³-hybridized carbons (Fsp3) is 0.556. The van der Waals surface area contributed by atoms with E-state index < -0.39 is 18.4 Å². The summed E-state index contributed by atoms with van der Waals surface area (Å²) < 4.78 is 37.1. The van der Waals surface area contributed by atoms with Crippen molar-refractivity contribution in [2.45, 2.75) is 82.7 Å². The molecule has 5 aliphatic rings. The number of alkyl halides is 2. The van der Waals surface area contributed by atoms with Gasteiger partial charge in [0, 0.05) is 65.5 Å². The Morgan fingerprint density at radius 2 is 1.65 bits per heavy atom. The molecular formula is C45H55F2N15O3. The maximum Gasteiger partial charge on any atom is 0.329 e. The zero-order valence-electron chi connectivity index (χ0n) is 36.7. The van der Waals surface area contributed by atoms with Gasteiger partial charge >= 0.3 is 5.69 Å². The molecule has 9 heterocycles. The number of carbonyl (C=O) groups excluding carboxylic acids is 2. The lowest BCUT2D eigenvalue weighted by Crippen LogP contribution is -2.48. The molecular weight excluding hydrogens is 837 g/mol. The van der Waals surface area contributed by atoms with Crippen LogP contribution >= 0.6 is 0 Å². The van der Waals surface area contributed by atoms with E-state index in [1.54, 1.807) is 44.0 Å². The molecule has 0 radical (unpaired) electrons. The number of piperidine rings is 3. The summed E-state index contributed by atoms with van der Waals surface area (Å²) in [5.41, 5.74) is 4.33. The number of imidazole rings is 1. The number of benzene rings is 1. The third kappa shape index (κ3) is 7.66. The first-order chi connectivity index (χ1) is 31.6. The molecule has 1 spiro atoms. The number of halogens is 2. The Hall–Kier alpha value is -6.02. The lowest BCUT2D eigenvalue weighted by Gasteiger charge is -2.48. The maximum atomic E-state index is 14.5. The van der Waals surface area contributed by atoms with Gasteiger partial charge in [-0.15, -0.1) is 5.10 Å². The van der Waals surface area contributed by atoms with Crippen LogP contribution < -0.4 is 26.1 Å². The molecule has 1 aliphatic carbocycles. The standard InChI is InChI=1S/C45H55F2N15O3/c1-55-40-33(3-2-4-34(40)62(44(55)65)35-9-10-38(63)51-43(35)64)57-21-14-45(15-22-57)12-19-56(20-13-45)26-29-5-7-30(8-6-29)60-28-36(39(53-60)41(46)47)61-27-32(52-54-61)31-25-49-59-18-11-37(50-42(31)59)58-23-16-48-17-24-58/h2-4,11,18,25,27-30,35,41,48H,5-10,12-17,19-24,26H2,1H3,(H,51,63,64). The number of piperazine rings is 1. The highest BCUT2D eigenvalue weighted by Crippen LogP contribution is 2.44. The SMILES string of the molecule is Cn1c(=O)n(C2CCC(=O)NC2=O)c2cccc(N3CCC4(CCN(CC5CCC(n6cc(-n7cc(-c8cnn9ccc(N%10CCNCC%10)nc89)nn7)c(C(F)F)n6)CC5)CC4)CC3)c21. The second kappa shape index (κ2) is 16.8. The largest absolute Gasteiger partial charge is 0.370 e. The predicted molar refractivity (Wildman–Crippen MR) is 238 cm³/mol. The Labute approximate surface area is 373 Å². The fourth-order valence-corrected chi connectivity index (χ4v) is 11.3. The zero-order valence-corrected chi connectivity index (χ0v) is 36.7. The zero-order chi connectivity index (χ0) is 44.4. The van der Waals surface area contributed by atoms with Crippen LogP contribution in [-0.2, 0) is 16.6 Å². The second-order valence-electron chi connectivity index (χ2n) is 18.9. The number of anilines is 2. The fourth-order valence-electron chi connectivity index (χ4n) is 11.3. The van der Waals surface area contributed by atoms with Gasteiger partial charge in [-0.3, -0.25) is 28.7 Å². The number of imide groups is 1. The molecule has 1 unspecified atom stereocenters. The smallest absolute Gasteiger partial charge is 0.329 e. The first-order valence-electron chi connectivity index (χ1n) is 23.2. The molecule has 5 aromatic heterocycles. The summed E-state index contributed by atoms with van der Waals surface area (Å²) in [6.45, 7) is 8.48. The highest BCUT2D eigenvalue weighted by atomic mass is 19.3. The molecule has 1 aromatic carbocycles. The topological polar surface area (TPSA) is 174 Å². The number of carbonyl (C=O) groups is 2. The number of aromatic nitrogens is 10. The van der Waals surface area contributed by atoms with Crippen LogP contribution in [-0.4, -0.2) is 124 Å². The molecule has 0 bridgehead atoms. The molecule has 1 atom stereocenters. The summed E-state index contributed by atoms with van der Waals surface area (Å²) in [5, 5.41) is 23.3. The molecule has 4 aliphatic heterocycles. The van der Waals surface area contributed by atoms with Crippen LogP contribution in [0.4, 0.5) is 20.3 Å². The molecule has 11 rings (SSSR count). The third-order valence-electron chi connectivity index (χ3n) is 15.1. The molecule has 2 amide bonds. The summed E-state index contributed by atoms with van der Waals surface area (Å²) in [6, 6.07) is 7.21. The summed E-state index contributed by atoms with van der Waals surface area (Å²) >= 11 is 0. The van der Waals surface area contributed by atoms with Crippen molar-refractivity contribution in [2.24, 2.45) is 18.4 Å². The van der Waals surface area contributed by atoms with E-state index in [0.717, 1.165) is 133 Å². The van der Waals surface area contributed by atoms with Gasteiger partial charge in [0.05, 0.1) is 46.9 Å². The van der Waals surface area contributed by atoms with Gasteiger partial charge in [0.15, 0.2) is 11.3 Å². The molecule has 6 aromatic rings. The highest BCUT2D eigenvalue weighted by Gasteiger charge is 2.39. The Morgan fingerprint density at radius 3 is 2.40 bits per heavy atom. The third-order valence-corrected chi connectivity index (χ3v) is 15.1. The van der Waals surface area contributed by atoms with Crippen LogP contribution in [0.1, 0.15) is 88.4 Å². The van der Waals surface area contributed by atoms with Gasteiger partial charge in [0.2, 0.25) is 11.8 Å². The van der Waals surface area contributed by atoms with Crippen LogP contribution in [0.3, 0.4) is 0 Å². The number of nitrogens with zero attached hydrogens (tertiary/aromatic N) is 13. The van der Waals surface area contributed by atoms with Gasteiger partial charge < -0.3 is 20.0 Å². The lowest BCUT2D eigenvalue weighted by molar-refractivity contribution is -0.135. The average Bonchev–Trinajstić information content (AvgIpc) is 4.14. The lowest BCUT2D eigenvalue weighted by atomic mass is 9.71. The number of likely N-dealkylation sites (tertiary alicyclic amines) is 1. The first-order valence-corrected chi connectivity index (χ1v) is 23.2. The Bertz CT molecular complexity index is 2790. The van der Waals surface area contributed by atoms with E-state index in [1.165, 1.54) is 4.68 Å². The van der Waals surface area contributed by atoms with Crippen molar-refractivity contribution in [3.63, 3.8) is 0 Å². The van der Waals surface area contributed by atoms with Crippen LogP contribution in [0, 0.1) is 11.3 Å². The summed E-state index contributed by atoms with van der Waals surface area (Å²) in [5.74, 6) is 0.682. The minimum atomic E-state index is -2.77. The molecule has 20 heteroatoms. The van der Waals surface area contributed by atoms with Crippen molar-refractivity contribution in [1.82, 2.24) is 64.0 Å². The molecule has 65 heavy (non-hydrogen) atoms.